The largest absolute Gasteiger partial charge is 0.508 e. The van der Waals surface area contributed by atoms with E-state index in [0.717, 1.165) is 39.0 Å². The van der Waals surface area contributed by atoms with E-state index in [1.807, 2.05) is 6.07 Å². The van der Waals surface area contributed by atoms with Crippen LogP contribution < -0.4 is 5.32 Å². The molecule has 1 aliphatic carbocycles. The van der Waals surface area contributed by atoms with Gasteiger partial charge in [-0.3, -0.25) is 0 Å². The van der Waals surface area contributed by atoms with Crippen LogP contribution in [0.4, 0.5) is 0 Å². The van der Waals surface area contributed by atoms with Crippen molar-refractivity contribution >= 4 is 0 Å². The second-order valence-corrected chi connectivity index (χ2v) is 5.25. The molecule has 0 radical (unpaired) electrons. The molecule has 1 aromatic rings. The number of ether oxygens (including phenoxy) is 1. The first kappa shape index (κ1) is 14.4. The molecule has 106 valence electrons. The molecule has 0 spiro atoms. The summed E-state index contributed by atoms with van der Waals surface area (Å²) in [5.41, 5.74) is 2.63. The number of rotatable bonds is 7. The maximum absolute atomic E-state index is 9.62. The molecule has 0 saturated heterocycles. The molecule has 0 bridgehead atoms. The predicted octanol–water partition coefficient (Wildman–Crippen LogP) is 3.18. The average molecular weight is 263 g/mol. The van der Waals surface area contributed by atoms with E-state index in [1.165, 1.54) is 24.0 Å². The van der Waals surface area contributed by atoms with Crippen molar-refractivity contribution in [3.63, 3.8) is 0 Å². The monoisotopic (exact) mass is 263 g/mol. The van der Waals surface area contributed by atoms with Gasteiger partial charge in [0.05, 0.1) is 6.61 Å². The van der Waals surface area contributed by atoms with Gasteiger partial charge in [0.15, 0.2) is 0 Å². The Morgan fingerprint density at radius 1 is 1.37 bits per heavy atom. The number of nitrogens with one attached hydrogen (secondary N) is 1. The van der Waals surface area contributed by atoms with Gasteiger partial charge >= 0.3 is 0 Å². The number of aromatic hydroxyl groups is 1. The molecule has 0 aliphatic heterocycles. The molecule has 0 aromatic heterocycles. The zero-order valence-electron chi connectivity index (χ0n) is 11.8. The standard InChI is InChI=1S/C16H25NO2/c1-2-3-10-19-11-9-17-16-6-4-5-13-7-8-14(18)12-15(13)16/h7-8,12,16-18H,2-6,9-11H2,1H3. The number of hydrogen-bond donors (Lipinski definition) is 2. The van der Waals surface area contributed by atoms with E-state index < -0.39 is 0 Å². The topological polar surface area (TPSA) is 41.5 Å². The van der Waals surface area contributed by atoms with E-state index in [-0.39, 0.29) is 0 Å². The summed E-state index contributed by atoms with van der Waals surface area (Å²) in [5, 5.41) is 13.2. The second kappa shape index (κ2) is 7.51. The van der Waals surface area contributed by atoms with E-state index in [0.29, 0.717) is 11.8 Å². The SMILES string of the molecule is CCCCOCCNC1CCCc2ccc(O)cc21. The van der Waals surface area contributed by atoms with Crippen molar-refractivity contribution in [3.05, 3.63) is 29.3 Å². The van der Waals surface area contributed by atoms with E-state index in [9.17, 15) is 5.11 Å². The number of fused-ring (bicyclic) bond motifs is 1. The Balaban J connectivity index is 1.80. The zero-order valence-corrected chi connectivity index (χ0v) is 11.8. The number of benzene rings is 1. The third-order valence-electron chi connectivity index (χ3n) is 3.72. The number of phenolic OH excluding ortho intramolecular Hbond substituents is 1. The van der Waals surface area contributed by atoms with E-state index in [1.54, 1.807) is 6.07 Å². The Morgan fingerprint density at radius 3 is 3.11 bits per heavy atom. The van der Waals surface area contributed by atoms with Gasteiger partial charge in [-0.25, -0.2) is 0 Å². The summed E-state index contributed by atoms with van der Waals surface area (Å²) >= 11 is 0. The summed E-state index contributed by atoms with van der Waals surface area (Å²) in [5.74, 6) is 0.367. The summed E-state index contributed by atoms with van der Waals surface area (Å²) in [6.45, 7) is 4.68. The van der Waals surface area contributed by atoms with Crippen LogP contribution in [0, 0.1) is 0 Å². The molecule has 0 amide bonds. The lowest BCUT2D eigenvalue weighted by Crippen LogP contribution is -2.28. The Morgan fingerprint density at radius 2 is 2.26 bits per heavy atom. The fraction of sp³-hybridized carbons (Fsp3) is 0.625. The number of aryl methyl sites for hydroxylation is 1. The molecule has 0 fully saturated rings. The number of phenols is 1. The first-order valence-corrected chi connectivity index (χ1v) is 7.44. The van der Waals surface area contributed by atoms with Crippen LogP contribution in [0.2, 0.25) is 0 Å². The van der Waals surface area contributed by atoms with Crippen molar-refractivity contribution in [1.82, 2.24) is 5.32 Å². The summed E-state index contributed by atoms with van der Waals surface area (Å²) in [6, 6.07) is 6.11. The lowest BCUT2D eigenvalue weighted by Gasteiger charge is -2.26. The molecule has 2 N–H and O–H groups in total. The minimum absolute atomic E-state index is 0.366. The van der Waals surface area contributed by atoms with Gasteiger partial charge in [-0.05, 0) is 48.9 Å². The summed E-state index contributed by atoms with van der Waals surface area (Å²) in [7, 11) is 0. The molecule has 19 heavy (non-hydrogen) atoms. The third kappa shape index (κ3) is 4.22. The molecule has 1 aliphatic rings. The molecule has 1 unspecified atom stereocenters. The maximum Gasteiger partial charge on any atom is 0.115 e. The molecule has 0 saturated carbocycles. The highest BCUT2D eigenvalue weighted by molar-refractivity contribution is 5.38. The van der Waals surface area contributed by atoms with Crippen LogP contribution >= 0.6 is 0 Å². The minimum atomic E-state index is 0.366. The van der Waals surface area contributed by atoms with Crippen molar-refractivity contribution in [1.29, 1.82) is 0 Å². The summed E-state index contributed by atoms with van der Waals surface area (Å²) in [4.78, 5) is 0. The van der Waals surface area contributed by atoms with Crippen molar-refractivity contribution in [2.24, 2.45) is 0 Å². The predicted molar refractivity (Wildman–Crippen MR) is 77.5 cm³/mol. The van der Waals surface area contributed by atoms with E-state index >= 15 is 0 Å². The summed E-state index contributed by atoms with van der Waals surface area (Å²) < 4.78 is 5.56. The first-order chi connectivity index (χ1) is 9.31. The van der Waals surface area contributed by atoms with Crippen LogP contribution in [-0.4, -0.2) is 24.9 Å². The van der Waals surface area contributed by atoms with Gasteiger partial charge in [0.1, 0.15) is 5.75 Å². The minimum Gasteiger partial charge on any atom is -0.508 e. The highest BCUT2D eigenvalue weighted by Crippen LogP contribution is 2.31. The smallest absolute Gasteiger partial charge is 0.115 e. The molecule has 3 nitrogen and oxygen atoms in total. The Hall–Kier alpha value is -1.06. The maximum atomic E-state index is 9.62. The van der Waals surface area contributed by atoms with Crippen LogP contribution in [0.25, 0.3) is 0 Å². The quantitative estimate of drug-likeness (QED) is 0.742. The number of hydrogen-bond acceptors (Lipinski definition) is 3. The van der Waals surface area contributed by atoms with Crippen molar-refractivity contribution in [2.45, 2.75) is 45.1 Å². The van der Waals surface area contributed by atoms with Crippen molar-refractivity contribution in [2.75, 3.05) is 19.8 Å². The summed E-state index contributed by atoms with van der Waals surface area (Å²) in [6.07, 6.45) is 5.81. The number of unbranched alkanes of at least 4 members (excludes halogenated alkanes) is 1. The van der Waals surface area contributed by atoms with Gasteiger partial charge in [-0.1, -0.05) is 19.4 Å². The van der Waals surface area contributed by atoms with Crippen LogP contribution in [0.1, 0.15) is 49.8 Å². The van der Waals surface area contributed by atoms with E-state index in [4.69, 9.17) is 4.74 Å². The van der Waals surface area contributed by atoms with Gasteiger partial charge in [0.2, 0.25) is 0 Å². The van der Waals surface area contributed by atoms with Crippen LogP contribution in [-0.2, 0) is 11.2 Å². The first-order valence-electron chi connectivity index (χ1n) is 7.44. The van der Waals surface area contributed by atoms with Gasteiger partial charge < -0.3 is 15.2 Å². The molecule has 0 heterocycles. The van der Waals surface area contributed by atoms with E-state index in [2.05, 4.69) is 18.3 Å². The normalized spacial score (nSPS) is 18.3. The van der Waals surface area contributed by atoms with Crippen LogP contribution in [0.3, 0.4) is 0 Å². The average Bonchev–Trinajstić information content (AvgIpc) is 2.43. The second-order valence-electron chi connectivity index (χ2n) is 5.25. The Labute approximate surface area is 116 Å². The van der Waals surface area contributed by atoms with Gasteiger partial charge in [0, 0.05) is 19.2 Å². The molecule has 1 atom stereocenters. The van der Waals surface area contributed by atoms with Crippen LogP contribution in [0.15, 0.2) is 18.2 Å². The van der Waals surface area contributed by atoms with Gasteiger partial charge in [-0.15, -0.1) is 0 Å². The van der Waals surface area contributed by atoms with Crippen molar-refractivity contribution in [3.8, 4) is 5.75 Å². The Bertz CT molecular complexity index is 392. The van der Waals surface area contributed by atoms with Crippen molar-refractivity contribution < 1.29 is 9.84 Å². The zero-order chi connectivity index (χ0) is 13.5. The molecule has 3 heteroatoms. The fourth-order valence-corrected chi connectivity index (χ4v) is 2.65. The highest BCUT2D eigenvalue weighted by atomic mass is 16.5. The molecule has 2 rings (SSSR count). The van der Waals surface area contributed by atoms with Crippen LogP contribution in [0.5, 0.6) is 5.75 Å². The van der Waals surface area contributed by atoms with Gasteiger partial charge in [0.25, 0.3) is 0 Å². The lowest BCUT2D eigenvalue weighted by molar-refractivity contribution is 0.130. The fourth-order valence-electron chi connectivity index (χ4n) is 2.65. The third-order valence-corrected chi connectivity index (χ3v) is 3.72. The Kier molecular flexibility index (Phi) is 5.67. The molecular weight excluding hydrogens is 238 g/mol. The molecule has 1 aromatic carbocycles. The highest BCUT2D eigenvalue weighted by Gasteiger charge is 2.19. The lowest BCUT2D eigenvalue weighted by atomic mass is 9.87. The van der Waals surface area contributed by atoms with Gasteiger partial charge in [-0.2, -0.15) is 0 Å². The molecular formula is C16H25NO2.